The van der Waals surface area contributed by atoms with Crippen molar-refractivity contribution in [3.63, 3.8) is 0 Å². The fourth-order valence-corrected chi connectivity index (χ4v) is 2.69. The highest BCUT2D eigenvalue weighted by Gasteiger charge is 2.24. The molecule has 1 amide bonds. The maximum atomic E-state index is 12.6. The highest BCUT2D eigenvalue weighted by atomic mass is 16.5. The Balaban J connectivity index is 2.26. The molecule has 1 unspecified atom stereocenters. The lowest BCUT2D eigenvalue weighted by atomic mass is 9.99. The summed E-state index contributed by atoms with van der Waals surface area (Å²) < 4.78 is 5.34. The number of amides is 1. The van der Waals surface area contributed by atoms with Gasteiger partial charge in [-0.1, -0.05) is 19.9 Å². The maximum Gasteiger partial charge on any atom is 0.257 e. The smallest absolute Gasteiger partial charge is 0.257 e. The third-order valence-electron chi connectivity index (χ3n) is 3.85. The number of nitrogens with zero attached hydrogens (tertiary/aromatic N) is 1. The molecular formula is C16H23NO2. The van der Waals surface area contributed by atoms with E-state index in [1.807, 2.05) is 23.1 Å². The molecule has 1 fully saturated rings. The number of rotatable bonds is 3. The molecule has 3 heteroatoms. The van der Waals surface area contributed by atoms with E-state index in [9.17, 15) is 4.79 Å². The van der Waals surface area contributed by atoms with Gasteiger partial charge in [-0.25, -0.2) is 0 Å². The van der Waals surface area contributed by atoms with Crippen molar-refractivity contribution < 1.29 is 9.53 Å². The highest BCUT2D eigenvalue weighted by molar-refractivity contribution is 5.97. The van der Waals surface area contributed by atoms with E-state index in [1.54, 1.807) is 7.11 Å². The van der Waals surface area contributed by atoms with Gasteiger partial charge in [0.15, 0.2) is 0 Å². The van der Waals surface area contributed by atoms with Crippen molar-refractivity contribution in [2.75, 3.05) is 20.2 Å². The molecule has 3 nitrogen and oxygen atoms in total. The van der Waals surface area contributed by atoms with Gasteiger partial charge in [0, 0.05) is 13.1 Å². The van der Waals surface area contributed by atoms with Crippen molar-refractivity contribution in [1.82, 2.24) is 4.90 Å². The van der Waals surface area contributed by atoms with Crippen molar-refractivity contribution in [3.05, 3.63) is 29.3 Å². The predicted molar refractivity (Wildman–Crippen MR) is 76.7 cm³/mol. The number of piperidine rings is 1. The Bertz CT molecular complexity index is 456. The Hall–Kier alpha value is -1.51. The Morgan fingerprint density at radius 2 is 2.26 bits per heavy atom. The van der Waals surface area contributed by atoms with E-state index < -0.39 is 0 Å². The second-order valence-corrected chi connectivity index (χ2v) is 5.39. The Morgan fingerprint density at radius 1 is 1.47 bits per heavy atom. The molecule has 104 valence electrons. The minimum Gasteiger partial charge on any atom is -0.496 e. The maximum absolute atomic E-state index is 12.6. The van der Waals surface area contributed by atoms with Crippen LogP contribution in [0.4, 0.5) is 0 Å². The topological polar surface area (TPSA) is 29.5 Å². The molecule has 0 aliphatic carbocycles. The Kier molecular flexibility index (Phi) is 4.46. The first-order chi connectivity index (χ1) is 9.15. The molecule has 1 aliphatic heterocycles. The molecule has 0 saturated carbocycles. The van der Waals surface area contributed by atoms with Crippen LogP contribution in [0.5, 0.6) is 5.75 Å². The number of hydrogen-bond donors (Lipinski definition) is 0. The van der Waals surface area contributed by atoms with Gasteiger partial charge in [-0.05, 0) is 42.9 Å². The number of likely N-dealkylation sites (tertiary alicyclic amines) is 1. The molecule has 2 rings (SSSR count). The molecule has 1 aromatic carbocycles. The zero-order valence-electron chi connectivity index (χ0n) is 12.1. The van der Waals surface area contributed by atoms with Gasteiger partial charge in [-0.15, -0.1) is 0 Å². The van der Waals surface area contributed by atoms with Crippen LogP contribution in [0.25, 0.3) is 0 Å². The molecule has 1 atom stereocenters. The van der Waals surface area contributed by atoms with E-state index in [-0.39, 0.29) is 5.91 Å². The second kappa shape index (κ2) is 6.09. The summed E-state index contributed by atoms with van der Waals surface area (Å²) in [4.78, 5) is 14.6. The van der Waals surface area contributed by atoms with E-state index in [2.05, 4.69) is 13.8 Å². The quantitative estimate of drug-likeness (QED) is 0.836. The summed E-state index contributed by atoms with van der Waals surface area (Å²) in [5.74, 6) is 1.39. The SMILES string of the molecule is CCc1ccc(OC)c(C(=O)N2CCCC(C)C2)c1. The standard InChI is InChI=1S/C16H23NO2/c1-4-13-7-8-15(19-3)14(10-13)16(18)17-9-5-6-12(2)11-17/h7-8,10,12H,4-6,9,11H2,1-3H3. The summed E-state index contributed by atoms with van der Waals surface area (Å²) in [6.07, 6.45) is 3.25. The van der Waals surface area contributed by atoms with Crippen LogP contribution in [0, 0.1) is 5.92 Å². The summed E-state index contributed by atoms with van der Waals surface area (Å²) >= 11 is 0. The van der Waals surface area contributed by atoms with E-state index in [0.29, 0.717) is 17.2 Å². The second-order valence-electron chi connectivity index (χ2n) is 5.39. The fraction of sp³-hybridized carbons (Fsp3) is 0.562. The monoisotopic (exact) mass is 261 g/mol. The number of carbonyl (C=O) groups is 1. The van der Waals surface area contributed by atoms with Crippen LogP contribution in [-0.4, -0.2) is 31.0 Å². The number of ether oxygens (including phenoxy) is 1. The van der Waals surface area contributed by atoms with Crippen LogP contribution >= 0.6 is 0 Å². The average molecular weight is 261 g/mol. The molecule has 0 radical (unpaired) electrons. The molecule has 0 aromatic heterocycles. The van der Waals surface area contributed by atoms with Crippen molar-refractivity contribution >= 4 is 5.91 Å². The Morgan fingerprint density at radius 3 is 2.89 bits per heavy atom. The minimum atomic E-state index is 0.110. The van der Waals surface area contributed by atoms with Crippen LogP contribution in [0.1, 0.15) is 42.6 Å². The summed E-state index contributed by atoms with van der Waals surface area (Å²) in [5.41, 5.74) is 1.88. The van der Waals surface area contributed by atoms with Gasteiger partial charge >= 0.3 is 0 Å². The molecule has 19 heavy (non-hydrogen) atoms. The largest absolute Gasteiger partial charge is 0.496 e. The summed E-state index contributed by atoms with van der Waals surface area (Å²) in [7, 11) is 1.62. The lowest BCUT2D eigenvalue weighted by Crippen LogP contribution is -2.39. The normalized spacial score (nSPS) is 19.3. The third-order valence-corrected chi connectivity index (χ3v) is 3.85. The average Bonchev–Trinajstić information content (AvgIpc) is 2.45. The predicted octanol–water partition coefficient (Wildman–Crippen LogP) is 3.13. The van der Waals surface area contributed by atoms with Gasteiger partial charge in [0.2, 0.25) is 0 Å². The molecule has 0 spiro atoms. The van der Waals surface area contributed by atoms with Crippen molar-refractivity contribution in [2.45, 2.75) is 33.1 Å². The lowest BCUT2D eigenvalue weighted by molar-refractivity contribution is 0.0679. The lowest BCUT2D eigenvalue weighted by Gasteiger charge is -2.31. The van der Waals surface area contributed by atoms with Gasteiger partial charge in [0.25, 0.3) is 5.91 Å². The number of aryl methyl sites for hydroxylation is 1. The zero-order chi connectivity index (χ0) is 13.8. The van der Waals surface area contributed by atoms with Crippen LogP contribution in [-0.2, 0) is 6.42 Å². The van der Waals surface area contributed by atoms with Crippen LogP contribution < -0.4 is 4.74 Å². The van der Waals surface area contributed by atoms with E-state index in [4.69, 9.17) is 4.74 Å². The fourth-order valence-electron chi connectivity index (χ4n) is 2.69. The molecule has 1 saturated heterocycles. The van der Waals surface area contributed by atoms with E-state index >= 15 is 0 Å². The Labute approximate surface area is 115 Å². The first kappa shape index (κ1) is 13.9. The van der Waals surface area contributed by atoms with Gasteiger partial charge < -0.3 is 9.64 Å². The first-order valence-corrected chi connectivity index (χ1v) is 7.12. The summed E-state index contributed by atoms with van der Waals surface area (Å²) in [6.45, 7) is 6.03. The summed E-state index contributed by atoms with van der Waals surface area (Å²) in [6, 6.07) is 5.90. The van der Waals surface area contributed by atoms with E-state index in [1.165, 1.54) is 12.0 Å². The number of benzene rings is 1. The molecule has 0 bridgehead atoms. The van der Waals surface area contributed by atoms with Crippen molar-refractivity contribution in [2.24, 2.45) is 5.92 Å². The van der Waals surface area contributed by atoms with E-state index in [0.717, 1.165) is 25.9 Å². The van der Waals surface area contributed by atoms with Gasteiger partial charge in [-0.3, -0.25) is 4.79 Å². The zero-order valence-corrected chi connectivity index (χ0v) is 12.1. The molecule has 0 N–H and O–H groups in total. The van der Waals surface area contributed by atoms with Gasteiger partial charge in [0.1, 0.15) is 5.75 Å². The van der Waals surface area contributed by atoms with Crippen molar-refractivity contribution in [1.29, 1.82) is 0 Å². The van der Waals surface area contributed by atoms with Crippen LogP contribution in [0.15, 0.2) is 18.2 Å². The number of hydrogen-bond acceptors (Lipinski definition) is 2. The van der Waals surface area contributed by atoms with Crippen molar-refractivity contribution in [3.8, 4) is 5.75 Å². The van der Waals surface area contributed by atoms with Crippen LogP contribution in [0.3, 0.4) is 0 Å². The van der Waals surface area contributed by atoms with Gasteiger partial charge in [0.05, 0.1) is 12.7 Å². The highest BCUT2D eigenvalue weighted by Crippen LogP contribution is 2.24. The minimum absolute atomic E-state index is 0.110. The number of methoxy groups -OCH3 is 1. The molecular weight excluding hydrogens is 238 g/mol. The third kappa shape index (κ3) is 3.09. The molecule has 1 aliphatic rings. The molecule has 1 aromatic rings. The molecule has 1 heterocycles. The van der Waals surface area contributed by atoms with Gasteiger partial charge in [-0.2, -0.15) is 0 Å². The number of carbonyl (C=O) groups excluding carboxylic acids is 1. The van der Waals surface area contributed by atoms with Crippen LogP contribution in [0.2, 0.25) is 0 Å². The first-order valence-electron chi connectivity index (χ1n) is 7.12. The summed E-state index contributed by atoms with van der Waals surface area (Å²) in [5, 5.41) is 0.